The molecule has 0 atom stereocenters. The number of hydrogen-bond acceptors (Lipinski definition) is 5. The molecule has 8 heteroatoms. The summed E-state index contributed by atoms with van der Waals surface area (Å²) in [4.78, 5) is 16.2. The fraction of sp³-hybridized carbons (Fsp3) is 0.250. The van der Waals surface area contributed by atoms with Crippen molar-refractivity contribution in [2.24, 2.45) is 0 Å². The number of urea groups is 1. The maximum atomic E-state index is 11.9. The van der Waals surface area contributed by atoms with Crippen LogP contribution in [-0.4, -0.2) is 34.5 Å². The number of hydrogen-bond donors (Lipinski definition) is 2. The van der Waals surface area contributed by atoms with Gasteiger partial charge in [-0.2, -0.15) is 5.10 Å². The molecule has 2 N–H and O–H groups in total. The maximum absolute atomic E-state index is 11.9. The predicted molar refractivity (Wildman–Crippen MR) is 106 cm³/mol. The summed E-state index contributed by atoms with van der Waals surface area (Å²) in [6.45, 7) is 3.28. The Labute approximate surface area is 163 Å². The van der Waals surface area contributed by atoms with Gasteiger partial charge in [-0.3, -0.25) is 4.68 Å². The minimum absolute atomic E-state index is 0.281. The monoisotopic (exact) mass is 381 g/mol. The fourth-order valence-electron chi connectivity index (χ4n) is 2.54. The molecule has 0 saturated carbocycles. The minimum atomic E-state index is -0.281. The second-order valence-corrected chi connectivity index (χ2v) is 6.15. The van der Waals surface area contributed by atoms with Crippen molar-refractivity contribution in [1.29, 1.82) is 0 Å². The van der Waals surface area contributed by atoms with Crippen LogP contribution >= 0.6 is 0 Å². The molecular formula is C20H23N5O3. The summed E-state index contributed by atoms with van der Waals surface area (Å²) in [7, 11) is 1.59. The Balaban J connectivity index is 1.46. The molecular weight excluding hydrogens is 358 g/mol. The average molecular weight is 381 g/mol. The van der Waals surface area contributed by atoms with E-state index in [1.54, 1.807) is 31.6 Å². The normalized spacial score (nSPS) is 10.4. The highest BCUT2D eigenvalue weighted by molar-refractivity contribution is 5.88. The molecule has 0 saturated heterocycles. The summed E-state index contributed by atoms with van der Waals surface area (Å²) in [5.74, 6) is 1.63. The third kappa shape index (κ3) is 5.47. The van der Waals surface area contributed by atoms with Crippen molar-refractivity contribution in [1.82, 2.24) is 20.1 Å². The Hall–Kier alpha value is -3.55. The van der Waals surface area contributed by atoms with E-state index in [1.165, 1.54) is 0 Å². The number of aryl methyl sites for hydroxylation is 2. The number of benzene rings is 1. The molecule has 2 amide bonds. The molecule has 0 aliphatic rings. The van der Waals surface area contributed by atoms with E-state index >= 15 is 0 Å². The summed E-state index contributed by atoms with van der Waals surface area (Å²) >= 11 is 0. The number of nitrogens with zero attached hydrogens (tertiary/aromatic N) is 3. The van der Waals surface area contributed by atoms with Gasteiger partial charge in [0.2, 0.25) is 5.88 Å². The lowest BCUT2D eigenvalue weighted by Gasteiger charge is -2.11. The molecule has 2 aromatic heterocycles. The fourth-order valence-corrected chi connectivity index (χ4v) is 2.54. The van der Waals surface area contributed by atoms with Gasteiger partial charge >= 0.3 is 6.03 Å². The number of nitrogens with one attached hydrogen (secondary N) is 2. The van der Waals surface area contributed by atoms with Crippen LogP contribution in [0.5, 0.6) is 17.4 Å². The van der Waals surface area contributed by atoms with E-state index < -0.39 is 0 Å². The van der Waals surface area contributed by atoms with E-state index in [2.05, 4.69) is 20.7 Å². The summed E-state index contributed by atoms with van der Waals surface area (Å²) < 4.78 is 12.9. The first-order valence-corrected chi connectivity index (χ1v) is 8.95. The number of amides is 2. The number of pyridine rings is 1. The highest BCUT2D eigenvalue weighted by atomic mass is 16.5. The second kappa shape index (κ2) is 9.40. The van der Waals surface area contributed by atoms with Gasteiger partial charge in [0.15, 0.2) is 11.5 Å². The van der Waals surface area contributed by atoms with E-state index in [1.807, 2.05) is 42.1 Å². The zero-order chi connectivity index (χ0) is 19.8. The van der Waals surface area contributed by atoms with Crippen molar-refractivity contribution in [3.63, 3.8) is 0 Å². The standard InChI is InChI=1S/C20H23N5O3/c1-15-5-7-17(18(13-15)27-2)28-19-8-6-16(14-22-19)24-20(26)21-9-3-11-25-12-4-10-23-25/h4-8,10,12-14H,3,9,11H2,1-2H3,(H2,21,24,26). The van der Waals surface area contributed by atoms with Crippen LogP contribution in [-0.2, 0) is 6.54 Å². The maximum Gasteiger partial charge on any atom is 0.319 e. The van der Waals surface area contributed by atoms with Gasteiger partial charge in [-0.25, -0.2) is 9.78 Å². The highest BCUT2D eigenvalue weighted by Gasteiger charge is 2.07. The number of carbonyl (C=O) groups excluding carboxylic acids is 1. The lowest BCUT2D eigenvalue weighted by Crippen LogP contribution is -2.30. The van der Waals surface area contributed by atoms with Crippen LogP contribution in [0.2, 0.25) is 0 Å². The molecule has 0 unspecified atom stereocenters. The number of methoxy groups -OCH3 is 1. The molecule has 0 spiro atoms. The van der Waals surface area contributed by atoms with E-state index in [0.29, 0.717) is 29.6 Å². The van der Waals surface area contributed by atoms with Gasteiger partial charge in [0, 0.05) is 31.5 Å². The van der Waals surface area contributed by atoms with Crippen molar-refractivity contribution in [2.75, 3.05) is 19.0 Å². The molecule has 0 bridgehead atoms. The van der Waals surface area contributed by atoms with Gasteiger partial charge in [-0.1, -0.05) is 6.07 Å². The third-order valence-electron chi connectivity index (χ3n) is 3.94. The average Bonchev–Trinajstić information content (AvgIpc) is 3.21. The van der Waals surface area contributed by atoms with Crippen molar-refractivity contribution in [3.8, 4) is 17.4 Å². The van der Waals surface area contributed by atoms with E-state index in [4.69, 9.17) is 9.47 Å². The second-order valence-electron chi connectivity index (χ2n) is 6.15. The van der Waals surface area contributed by atoms with Gasteiger partial charge in [-0.05, 0) is 43.2 Å². The van der Waals surface area contributed by atoms with Gasteiger partial charge in [-0.15, -0.1) is 0 Å². The molecule has 146 valence electrons. The van der Waals surface area contributed by atoms with E-state index in [-0.39, 0.29) is 6.03 Å². The minimum Gasteiger partial charge on any atom is -0.493 e. The molecule has 0 radical (unpaired) electrons. The van der Waals surface area contributed by atoms with Crippen LogP contribution in [0, 0.1) is 6.92 Å². The number of carbonyl (C=O) groups is 1. The first kappa shape index (κ1) is 19.2. The van der Waals surface area contributed by atoms with Gasteiger partial charge in [0.05, 0.1) is 19.0 Å². The van der Waals surface area contributed by atoms with E-state index in [9.17, 15) is 4.79 Å². The third-order valence-corrected chi connectivity index (χ3v) is 3.94. The van der Waals surface area contributed by atoms with Crippen LogP contribution in [0.4, 0.5) is 10.5 Å². The molecule has 28 heavy (non-hydrogen) atoms. The SMILES string of the molecule is COc1cc(C)ccc1Oc1ccc(NC(=O)NCCCn2cccn2)cn1. The number of aromatic nitrogens is 3. The Morgan fingerprint density at radius 2 is 2.11 bits per heavy atom. The first-order valence-electron chi connectivity index (χ1n) is 8.95. The van der Waals surface area contributed by atoms with Crippen molar-refractivity contribution in [2.45, 2.75) is 19.9 Å². The molecule has 1 aromatic carbocycles. The summed E-state index contributed by atoms with van der Waals surface area (Å²) in [5, 5.41) is 9.66. The Kier molecular flexibility index (Phi) is 6.46. The molecule has 0 aliphatic heterocycles. The van der Waals surface area contributed by atoms with Crippen LogP contribution in [0.25, 0.3) is 0 Å². The molecule has 8 nitrogen and oxygen atoms in total. The van der Waals surface area contributed by atoms with Crippen LogP contribution in [0.3, 0.4) is 0 Å². The van der Waals surface area contributed by atoms with Crippen LogP contribution in [0.1, 0.15) is 12.0 Å². The number of ether oxygens (including phenoxy) is 2. The summed E-state index contributed by atoms with van der Waals surface area (Å²) in [6, 6.07) is 10.7. The summed E-state index contributed by atoms with van der Waals surface area (Å²) in [5.41, 5.74) is 1.65. The number of anilines is 1. The Bertz CT molecular complexity index is 895. The number of rotatable bonds is 8. The zero-order valence-corrected chi connectivity index (χ0v) is 15.9. The van der Waals surface area contributed by atoms with E-state index in [0.717, 1.165) is 18.5 Å². The molecule has 3 aromatic rings. The topological polar surface area (TPSA) is 90.3 Å². The van der Waals surface area contributed by atoms with Crippen molar-refractivity contribution >= 4 is 11.7 Å². The lowest BCUT2D eigenvalue weighted by atomic mass is 10.2. The zero-order valence-electron chi connectivity index (χ0n) is 15.9. The van der Waals surface area contributed by atoms with Gasteiger partial charge < -0.3 is 20.1 Å². The molecule has 2 heterocycles. The molecule has 0 aliphatic carbocycles. The lowest BCUT2D eigenvalue weighted by molar-refractivity contribution is 0.251. The van der Waals surface area contributed by atoms with Crippen molar-refractivity contribution < 1.29 is 14.3 Å². The van der Waals surface area contributed by atoms with Gasteiger partial charge in [0.25, 0.3) is 0 Å². The Morgan fingerprint density at radius 3 is 2.82 bits per heavy atom. The predicted octanol–water partition coefficient (Wildman–Crippen LogP) is 3.60. The van der Waals surface area contributed by atoms with Crippen LogP contribution in [0.15, 0.2) is 55.0 Å². The molecule has 3 rings (SSSR count). The first-order chi connectivity index (χ1) is 13.6. The molecule has 0 fully saturated rings. The largest absolute Gasteiger partial charge is 0.493 e. The van der Waals surface area contributed by atoms with Crippen LogP contribution < -0.4 is 20.1 Å². The van der Waals surface area contributed by atoms with Gasteiger partial charge in [0.1, 0.15) is 0 Å². The van der Waals surface area contributed by atoms with Crippen molar-refractivity contribution in [3.05, 3.63) is 60.6 Å². The smallest absolute Gasteiger partial charge is 0.319 e. The quantitative estimate of drug-likeness (QED) is 0.582. The summed E-state index contributed by atoms with van der Waals surface area (Å²) in [6.07, 6.45) is 5.95. The Morgan fingerprint density at radius 1 is 1.21 bits per heavy atom. The highest BCUT2D eigenvalue weighted by Crippen LogP contribution is 2.31.